The van der Waals surface area contributed by atoms with Crippen LogP contribution in [0.2, 0.25) is 15.2 Å². The van der Waals surface area contributed by atoms with Gasteiger partial charge in [0.25, 0.3) is 0 Å². The van der Waals surface area contributed by atoms with Crippen LogP contribution in [-0.2, 0) is 6.42 Å². The number of benzene rings is 1. The highest BCUT2D eigenvalue weighted by Gasteiger charge is 2.11. The van der Waals surface area contributed by atoms with Crippen molar-refractivity contribution in [3.63, 3.8) is 0 Å². The fraction of sp³-hybridized carbons (Fsp3) is 0.214. The van der Waals surface area contributed by atoms with E-state index in [-0.39, 0.29) is 5.15 Å². The number of hydrogen-bond acceptors (Lipinski definition) is 2. The molecule has 0 saturated carbocycles. The third kappa shape index (κ3) is 3.75. The number of hydrogen-bond donors (Lipinski definition) is 0. The maximum atomic E-state index is 6.13. The van der Waals surface area contributed by atoms with Crippen LogP contribution in [0.1, 0.15) is 5.56 Å². The highest BCUT2D eigenvalue weighted by atomic mass is 35.5. The summed E-state index contributed by atoms with van der Waals surface area (Å²) in [6.45, 7) is 0.800. The van der Waals surface area contributed by atoms with Gasteiger partial charge in [0.2, 0.25) is 0 Å². The Hall–Kier alpha value is -0.960. The van der Waals surface area contributed by atoms with E-state index >= 15 is 0 Å². The fourth-order valence-corrected chi connectivity index (χ4v) is 2.39. The average Bonchev–Trinajstić information content (AvgIpc) is 2.41. The molecule has 100 valence electrons. The number of aromatic nitrogens is 1. The van der Waals surface area contributed by atoms with Gasteiger partial charge >= 0.3 is 0 Å². The lowest BCUT2D eigenvalue weighted by Gasteiger charge is -2.19. The van der Waals surface area contributed by atoms with Gasteiger partial charge in [-0.2, -0.15) is 0 Å². The molecule has 2 nitrogen and oxygen atoms in total. The van der Waals surface area contributed by atoms with E-state index in [4.69, 9.17) is 34.8 Å². The minimum atomic E-state index is 0.271. The van der Waals surface area contributed by atoms with Gasteiger partial charge in [0, 0.05) is 13.6 Å². The Labute approximate surface area is 127 Å². The quantitative estimate of drug-likeness (QED) is 0.759. The molecule has 0 amide bonds. The van der Waals surface area contributed by atoms with Crippen molar-refractivity contribution < 1.29 is 0 Å². The second-order valence-corrected chi connectivity index (χ2v) is 5.40. The number of nitrogens with zero attached hydrogens (tertiary/aromatic N) is 2. The summed E-state index contributed by atoms with van der Waals surface area (Å²) < 4.78 is 0. The molecule has 0 saturated heterocycles. The topological polar surface area (TPSA) is 16.1 Å². The summed E-state index contributed by atoms with van der Waals surface area (Å²) in [5.74, 6) is 0.645. The molecular weight excluding hydrogens is 303 g/mol. The van der Waals surface area contributed by atoms with E-state index in [1.807, 2.05) is 30.1 Å². The van der Waals surface area contributed by atoms with E-state index in [2.05, 4.69) is 17.1 Å². The average molecular weight is 316 g/mol. The molecule has 2 rings (SSSR count). The highest BCUT2D eigenvalue weighted by Crippen LogP contribution is 2.30. The van der Waals surface area contributed by atoms with Crippen molar-refractivity contribution in [3.8, 4) is 0 Å². The minimum Gasteiger partial charge on any atom is -0.358 e. The van der Waals surface area contributed by atoms with Crippen molar-refractivity contribution in [3.05, 3.63) is 57.2 Å². The summed E-state index contributed by atoms with van der Waals surface area (Å²) in [6, 6.07) is 11.9. The predicted molar refractivity (Wildman–Crippen MR) is 82.7 cm³/mol. The maximum Gasteiger partial charge on any atom is 0.150 e. The third-order valence-corrected chi connectivity index (χ3v) is 3.76. The van der Waals surface area contributed by atoms with Gasteiger partial charge in [0.05, 0.1) is 10.0 Å². The van der Waals surface area contributed by atoms with E-state index in [0.717, 1.165) is 13.0 Å². The zero-order valence-corrected chi connectivity index (χ0v) is 12.7. The zero-order valence-electron chi connectivity index (χ0n) is 10.4. The van der Waals surface area contributed by atoms with Crippen LogP contribution in [0.5, 0.6) is 0 Å². The SMILES string of the molecule is CN(CCc1ccccc1)c1nc(Cl)c(Cl)cc1Cl. The van der Waals surface area contributed by atoms with Crippen molar-refractivity contribution in [1.82, 2.24) is 4.98 Å². The van der Waals surface area contributed by atoms with Crippen molar-refractivity contribution in [2.45, 2.75) is 6.42 Å². The molecule has 1 aromatic heterocycles. The fourth-order valence-electron chi connectivity index (χ4n) is 1.75. The van der Waals surface area contributed by atoms with Gasteiger partial charge in [-0.25, -0.2) is 4.98 Å². The first-order valence-corrected chi connectivity index (χ1v) is 6.98. The second kappa shape index (κ2) is 6.47. The Bertz CT molecular complexity index is 558. The van der Waals surface area contributed by atoms with E-state index < -0.39 is 0 Å². The molecule has 0 radical (unpaired) electrons. The standard InChI is InChI=1S/C14H13Cl3N2/c1-19(8-7-10-5-3-2-4-6-10)14-12(16)9-11(15)13(17)18-14/h2-6,9H,7-8H2,1H3. The van der Waals surface area contributed by atoms with Gasteiger partial charge in [0.1, 0.15) is 11.0 Å². The number of anilines is 1. The smallest absolute Gasteiger partial charge is 0.150 e. The Kier molecular flexibility index (Phi) is 4.92. The van der Waals surface area contributed by atoms with Gasteiger partial charge in [0.15, 0.2) is 0 Å². The van der Waals surface area contributed by atoms with Crippen molar-refractivity contribution in [2.24, 2.45) is 0 Å². The number of likely N-dealkylation sites (N-methyl/N-ethyl adjacent to an activating group) is 1. The molecule has 19 heavy (non-hydrogen) atoms. The Balaban J connectivity index is 2.08. The monoisotopic (exact) mass is 314 g/mol. The molecule has 0 fully saturated rings. The van der Waals surface area contributed by atoms with Gasteiger partial charge in [-0.05, 0) is 18.1 Å². The molecule has 1 aromatic carbocycles. The second-order valence-electron chi connectivity index (χ2n) is 4.22. The summed E-state index contributed by atoms with van der Waals surface area (Å²) in [4.78, 5) is 6.18. The summed E-state index contributed by atoms with van der Waals surface area (Å²) in [7, 11) is 1.93. The minimum absolute atomic E-state index is 0.271. The molecule has 5 heteroatoms. The number of halogens is 3. The molecule has 0 spiro atoms. The molecule has 0 unspecified atom stereocenters. The number of pyridine rings is 1. The molecule has 0 aliphatic rings. The molecule has 0 N–H and O–H groups in total. The van der Waals surface area contributed by atoms with Crippen molar-refractivity contribution in [2.75, 3.05) is 18.5 Å². The zero-order chi connectivity index (χ0) is 13.8. The molecule has 1 heterocycles. The molecule has 0 atom stereocenters. The van der Waals surface area contributed by atoms with E-state index in [1.54, 1.807) is 6.07 Å². The van der Waals surface area contributed by atoms with Crippen molar-refractivity contribution in [1.29, 1.82) is 0 Å². The summed E-state index contributed by atoms with van der Waals surface area (Å²) in [5.41, 5.74) is 1.27. The van der Waals surface area contributed by atoms with Gasteiger partial charge in [-0.3, -0.25) is 0 Å². The number of rotatable bonds is 4. The van der Waals surface area contributed by atoms with Crippen LogP contribution in [0.4, 0.5) is 5.82 Å². The lowest BCUT2D eigenvalue weighted by atomic mass is 10.1. The van der Waals surface area contributed by atoms with Gasteiger partial charge < -0.3 is 4.90 Å². The van der Waals surface area contributed by atoms with Gasteiger partial charge in [-0.15, -0.1) is 0 Å². The highest BCUT2D eigenvalue weighted by molar-refractivity contribution is 6.42. The Morgan fingerprint density at radius 2 is 1.74 bits per heavy atom. The van der Waals surface area contributed by atoms with Crippen LogP contribution < -0.4 is 4.90 Å². The largest absolute Gasteiger partial charge is 0.358 e. The van der Waals surface area contributed by atoms with Crippen LogP contribution >= 0.6 is 34.8 Å². The van der Waals surface area contributed by atoms with E-state index in [1.165, 1.54) is 5.56 Å². The first kappa shape index (κ1) is 14.4. The normalized spacial score (nSPS) is 10.5. The molecule has 2 aromatic rings. The third-order valence-electron chi connectivity index (χ3n) is 2.81. The van der Waals surface area contributed by atoms with Gasteiger partial charge in [-0.1, -0.05) is 65.1 Å². The van der Waals surface area contributed by atoms with Crippen LogP contribution in [-0.4, -0.2) is 18.6 Å². The maximum absolute atomic E-state index is 6.13. The summed E-state index contributed by atoms with van der Waals surface area (Å²) in [6.07, 6.45) is 0.912. The van der Waals surface area contributed by atoms with E-state index in [0.29, 0.717) is 15.9 Å². The Morgan fingerprint density at radius 1 is 1.05 bits per heavy atom. The van der Waals surface area contributed by atoms with E-state index in [9.17, 15) is 0 Å². The summed E-state index contributed by atoms with van der Waals surface area (Å²) >= 11 is 17.9. The molecule has 0 bridgehead atoms. The first-order valence-electron chi connectivity index (χ1n) is 5.84. The summed E-state index contributed by atoms with van der Waals surface area (Å²) in [5, 5.41) is 1.14. The van der Waals surface area contributed by atoms with Crippen LogP contribution in [0.15, 0.2) is 36.4 Å². The Morgan fingerprint density at radius 3 is 2.42 bits per heavy atom. The lowest BCUT2D eigenvalue weighted by Crippen LogP contribution is -2.21. The lowest BCUT2D eigenvalue weighted by molar-refractivity contribution is 0.860. The molecule has 0 aliphatic heterocycles. The first-order chi connectivity index (χ1) is 9.08. The predicted octanol–water partition coefficient (Wildman–Crippen LogP) is 4.72. The molecule has 0 aliphatic carbocycles. The van der Waals surface area contributed by atoms with Crippen LogP contribution in [0.25, 0.3) is 0 Å². The molecular formula is C14H13Cl3N2. The van der Waals surface area contributed by atoms with Crippen LogP contribution in [0, 0.1) is 0 Å². The van der Waals surface area contributed by atoms with Crippen LogP contribution in [0.3, 0.4) is 0 Å². The van der Waals surface area contributed by atoms with Crippen molar-refractivity contribution >= 4 is 40.6 Å².